The van der Waals surface area contributed by atoms with Crippen LogP contribution >= 0.6 is 0 Å². The fourth-order valence-electron chi connectivity index (χ4n) is 9.44. The van der Waals surface area contributed by atoms with Gasteiger partial charge < -0.3 is 5.32 Å². The lowest BCUT2D eigenvalue weighted by Gasteiger charge is -2.58. The van der Waals surface area contributed by atoms with Crippen molar-refractivity contribution in [1.29, 1.82) is 0 Å². The maximum absolute atomic E-state index is 12.8. The Balaban J connectivity index is 1.42. The Morgan fingerprint density at radius 1 is 1.03 bits per heavy atom. The Morgan fingerprint density at radius 3 is 2.56 bits per heavy atom. The molecule has 8 atom stereocenters. The summed E-state index contributed by atoms with van der Waals surface area (Å²) in [6.45, 7) is 15.7. The third kappa shape index (κ3) is 4.90. The number of carbonyl (C=O) groups excluding carboxylic acids is 1. The quantitative estimate of drug-likeness (QED) is 0.266. The largest absolute Gasteiger partial charge is 0.356 e. The first kappa shape index (κ1) is 26.3. The lowest BCUT2D eigenvalue weighted by Crippen LogP contribution is -2.51. The van der Waals surface area contributed by atoms with E-state index in [1.54, 1.807) is 5.57 Å². The van der Waals surface area contributed by atoms with E-state index in [0.717, 1.165) is 67.7 Å². The minimum Gasteiger partial charge on any atom is -0.356 e. The first-order valence-electron chi connectivity index (χ1n) is 15.2. The van der Waals surface area contributed by atoms with Crippen LogP contribution in [-0.4, -0.2) is 12.5 Å². The van der Waals surface area contributed by atoms with Crippen molar-refractivity contribution < 1.29 is 4.79 Å². The number of hydrogen-bond acceptors (Lipinski definition) is 1. The van der Waals surface area contributed by atoms with Gasteiger partial charge in [-0.05, 0) is 104 Å². The van der Waals surface area contributed by atoms with Gasteiger partial charge in [0.05, 0.1) is 0 Å². The van der Waals surface area contributed by atoms with Crippen molar-refractivity contribution >= 4 is 5.91 Å². The van der Waals surface area contributed by atoms with Gasteiger partial charge in [0.1, 0.15) is 0 Å². The van der Waals surface area contributed by atoms with Gasteiger partial charge in [-0.1, -0.05) is 78.9 Å². The van der Waals surface area contributed by atoms with Crippen LogP contribution in [0, 0.1) is 52.3 Å². The number of rotatable bonds is 9. The molecule has 0 aromatic carbocycles. The second kappa shape index (κ2) is 10.7. The van der Waals surface area contributed by atoms with Crippen LogP contribution in [0.15, 0.2) is 11.6 Å². The first-order valence-corrected chi connectivity index (χ1v) is 15.2. The van der Waals surface area contributed by atoms with Crippen molar-refractivity contribution in [2.24, 2.45) is 52.3 Å². The molecule has 34 heavy (non-hydrogen) atoms. The summed E-state index contributed by atoms with van der Waals surface area (Å²) >= 11 is 0. The molecular formula is C32H55NO. The molecule has 0 radical (unpaired) electrons. The molecule has 8 unspecified atom stereocenters. The molecule has 0 saturated heterocycles. The van der Waals surface area contributed by atoms with Gasteiger partial charge in [-0.3, -0.25) is 4.79 Å². The number of nitrogens with one attached hydrogen (secondary N) is 1. The summed E-state index contributed by atoms with van der Waals surface area (Å²) in [5, 5.41) is 3.22. The molecule has 3 fully saturated rings. The molecule has 0 heterocycles. The highest BCUT2D eigenvalue weighted by Gasteiger charge is 2.59. The summed E-state index contributed by atoms with van der Waals surface area (Å²) in [5.74, 6) is 5.86. The van der Waals surface area contributed by atoms with E-state index in [9.17, 15) is 4.79 Å². The normalized spacial score (nSPS) is 40.2. The van der Waals surface area contributed by atoms with E-state index in [4.69, 9.17) is 0 Å². The summed E-state index contributed by atoms with van der Waals surface area (Å²) in [4.78, 5) is 12.8. The molecule has 0 aliphatic heterocycles. The second-order valence-corrected chi connectivity index (χ2v) is 13.9. The fraction of sp³-hybridized carbons (Fsp3) is 0.906. The SMILES string of the molecule is CCCCNC(=O)C1CCC2(C)C(=CCC3C2CCC2(C)C(C(C)CCCC(C)C)CCC32)C1. The van der Waals surface area contributed by atoms with Gasteiger partial charge in [-0.15, -0.1) is 0 Å². The van der Waals surface area contributed by atoms with E-state index < -0.39 is 0 Å². The Bertz CT molecular complexity index is 739. The number of fused-ring (bicyclic) bond motifs is 5. The van der Waals surface area contributed by atoms with Crippen LogP contribution in [0.2, 0.25) is 0 Å². The summed E-state index contributed by atoms with van der Waals surface area (Å²) in [7, 11) is 0. The number of unbranched alkanes of at least 4 members (excludes halogenated alkanes) is 1. The topological polar surface area (TPSA) is 29.1 Å². The molecule has 4 aliphatic rings. The molecule has 4 rings (SSSR count). The molecule has 2 heteroatoms. The van der Waals surface area contributed by atoms with Crippen molar-refractivity contribution in [3.8, 4) is 0 Å². The molecule has 1 N–H and O–H groups in total. The first-order chi connectivity index (χ1) is 16.2. The van der Waals surface area contributed by atoms with Gasteiger partial charge in [0.15, 0.2) is 0 Å². The van der Waals surface area contributed by atoms with Crippen molar-refractivity contribution in [1.82, 2.24) is 5.32 Å². The molecule has 0 spiro atoms. The monoisotopic (exact) mass is 469 g/mol. The van der Waals surface area contributed by atoms with Crippen molar-refractivity contribution in [3.63, 3.8) is 0 Å². The maximum atomic E-state index is 12.8. The second-order valence-electron chi connectivity index (χ2n) is 13.9. The van der Waals surface area contributed by atoms with Gasteiger partial charge in [-0.25, -0.2) is 0 Å². The van der Waals surface area contributed by atoms with Crippen molar-refractivity contribution in [2.45, 2.75) is 125 Å². The Morgan fingerprint density at radius 2 is 1.82 bits per heavy atom. The average Bonchev–Trinajstić information content (AvgIpc) is 3.15. The van der Waals surface area contributed by atoms with E-state index in [2.05, 4.69) is 52.9 Å². The standard InChI is InChI=1S/C32H55NO/c1-7-8-20-33-30(34)24-16-18-31(5)25(21-24)12-13-26-28-15-14-27(23(4)11-9-10-22(2)3)32(28,6)19-17-29(26)31/h12,22-24,26-29H,7-11,13-21H2,1-6H3,(H,33,34). The van der Waals surface area contributed by atoms with Crippen molar-refractivity contribution in [3.05, 3.63) is 11.6 Å². The minimum absolute atomic E-state index is 0.212. The number of hydrogen-bond donors (Lipinski definition) is 1. The van der Waals surface area contributed by atoms with Crippen LogP contribution in [0.1, 0.15) is 125 Å². The summed E-state index contributed by atoms with van der Waals surface area (Å²) in [6, 6.07) is 0. The molecule has 0 bridgehead atoms. The highest BCUT2D eigenvalue weighted by atomic mass is 16.1. The molecule has 0 aromatic heterocycles. The van der Waals surface area contributed by atoms with E-state index in [-0.39, 0.29) is 5.92 Å². The fourth-order valence-corrected chi connectivity index (χ4v) is 9.44. The molecule has 3 saturated carbocycles. The van der Waals surface area contributed by atoms with Gasteiger partial charge >= 0.3 is 0 Å². The van der Waals surface area contributed by atoms with Crippen LogP contribution in [0.4, 0.5) is 0 Å². The molecule has 194 valence electrons. The van der Waals surface area contributed by atoms with E-state index >= 15 is 0 Å². The molecule has 4 aliphatic carbocycles. The van der Waals surface area contributed by atoms with E-state index in [1.807, 2.05) is 0 Å². The van der Waals surface area contributed by atoms with Gasteiger partial charge in [0.25, 0.3) is 0 Å². The third-order valence-corrected chi connectivity index (χ3v) is 11.5. The summed E-state index contributed by atoms with van der Waals surface area (Å²) < 4.78 is 0. The predicted molar refractivity (Wildman–Crippen MR) is 144 cm³/mol. The third-order valence-electron chi connectivity index (χ3n) is 11.5. The highest BCUT2D eigenvalue weighted by Crippen LogP contribution is 2.67. The molecule has 1 amide bonds. The van der Waals surface area contributed by atoms with Gasteiger partial charge in [-0.2, -0.15) is 0 Å². The molecular weight excluding hydrogens is 414 g/mol. The Hall–Kier alpha value is -0.790. The average molecular weight is 470 g/mol. The van der Waals surface area contributed by atoms with Crippen molar-refractivity contribution in [2.75, 3.05) is 6.54 Å². The van der Waals surface area contributed by atoms with Gasteiger partial charge in [0, 0.05) is 12.5 Å². The molecule has 2 nitrogen and oxygen atoms in total. The zero-order valence-corrected chi connectivity index (χ0v) is 23.4. The van der Waals surface area contributed by atoms with Crippen LogP contribution in [0.5, 0.6) is 0 Å². The number of amides is 1. The van der Waals surface area contributed by atoms with Crippen LogP contribution in [0.25, 0.3) is 0 Å². The minimum atomic E-state index is 0.212. The smallest absolute Gasteiger partial charge is 0.223 e. The maximum Gasteiger partial charge on any atom is 0.223 e. The highest BCUT2D eigenvalue weighted by molar-refractivity contribution is 5.79. The van der Waals surface area contributed by atoms with Gasteiger partial charge in [0.2, 0.25) is 5.91 Å². The lowest BCUT2D eigenvalue weighted by atomic mass is 9.46. The van der Waals surface area contributed by atoms with E-state index in [1.165, 1.54) is 57.8 Å². The van der Waals surface area contributed by atoms with Crippen LogP contribution in [-0.2, 0) is 4.79 Å². The van der Waals surface area contributed by atoms with Crippen LogP contribution in [0.3, 0.4) is 0 Å². The lowest BCUT2D eigenvalue weighted by molar-refractivity contribution is -0.126. The Kier molecular flexibility index (Phi) is 8.25. The summed E-state index contributed by atoms with van der Waals surface area (Å²) in [5.41, 5.74) is 2.57. The predicted octanol–water partition coefficient (Wildman–Crippen LogP) is 8.56. The Labute approximate surface area is 211 Å². The zero-order valence-electron chi connectivity index (χ0n) is 23.4. The number of allylic oxidation sites excluding steroid dienone is 2. The molecule has 0 aromatic rings. The summed E-state index contributed by atoms with van der Waals surface area (Å²) in [6.07, 6.45) is 19.6. The number of carbonyl (C=O) groups is 1. The van der Waals surface area contributed by atoms with E-state index in [0.29, 0.717) is 16.7 Å². The van der Waals surface area contributed by atoms with Crippen LogP contribution < -0.4 is 5.32 Å². The zero-order chi connectivity index (χ0) is 24.5.